The Morgan fingerprint density at radius 3 is 2.65 bits per heavy atom. The van der Waals surface area contributed by atoms with Crippen molar-refractivity contribution in [2.24, 2.45) is 5.92 Å². The summed E-state index contributed by atoms with van der Waals surface area (Å²) in [6.07, 6.45) is 2.11. The van der Waals surface area contributed by atoms with Crippen LogP contribution in [0.5, 0.6) is 0 Å². The first kappa shape index (κ1) is 11.6. The van der Waals surface area contributed by atoms with Crippen molar-refractivity contribution < 1.29 is 4.79 Å². The Hall–Kier alpha value is -2.17. The second-order valence-electron chi connectivity index (χ2n) is 5.49. The van der Waals surface area contributed by atoms with E-state index < -0.39 is 0 Å². The number of hydrogen-bond acceptors (Lipinski definition) is 3. The van der Waals surface area contributed by atoms with Crippen molar-refractivity contribution in [3.8, 4) is 11.4 Å². The Kier molecular flexibility index (Phi) is 2.58. The van der Waals surface area contributed by atoms with Crippen molar-refractivity contribution in [1.82, 2.24) is 19.7 Å². The first-order valence-corrected chi connectivity index (χ1v) is 7.09. The lowest BCUT2D eigenvalue weighted by Crippen LogP contribution is -2.39. The zero-order valence-corrected chi connectivity index (χ0v) is 11.2. The average Bonchev–Trinajstić information content (AvgIpc) is 3.26. The Morgan fingerprint density at radius 2 is 1.90 bits per heavy atom. The molecule has 0 atom stereocenters. The van der Waals surface area contributed by atoms with Crippen LogP contribution in [-0.2, 0) is 17.9 Å². The van der Waals surface area contributed by atoms with Gasteiger partial charge in [-0.3, -0.25) is 4.79 Å². The van der Waals surface area contributed by atoms with Crippen LogP contribution < -0.4 is 0 Å². The predicted octanol–water partition coefficient (Wildman–Crippen LogP) is 1.70. The Bertz CT molecular complexity index is 645. The van der Waals surface area contributed by atoms with Gasteiger partial charge in [-0.2, -0.15) is 0 Å². The molecule has 5 nitrogen and oxygen atoms in total. The van der Waals surface area contributed by atoms with Crippen LogP contribution in [0, 0.1) is 5.92 Å². The summed E-state index contributed by atoms with van der Waals surface area (Å²) < 4.78 is 2.13. The summed E-state index contributed by atoms with van der Waals surface area (Å²) in [5, 5.41) is 8.56. The number of amides is 1. The molecule has 1 aliphatic carbocycles. The molecule has 5 heteroatoms. The number of aromatic nitrogens is 3. The van der Waals surface area contributed by atoms with Gasteiger partial charge < -0.3 is 9.47 Å². The second-order valence-corrected chi connectivity index (χ2v) is 5.49. The normalized spacial score (nSPS) is 17.9. The Balaban J connectivity index is 1.61. The van der Waals surface area contributed by atoms with Crippen LogP contribution in [0.25, 0.3) is 11.4 Å². The molecule has 102 valence electrons. The van der Waals surface area contributed by atoms with Gasteiger partial charge in [-0.15, -0.1) is 10.2 Å². The molecule has 1 fully saturated rings. The number of hydrogen-bond donors (Lipinski definition) is 0. The average molecular weight is 268 g/mol. The van der Waals surface area contributed by atoms with Crippen molar-refractivity contribution in [3.05, 3.63) is 36.2 Å². The van der Waals surface area contributed by atoms with E-state index in [1.807, 2.05) is 35.2 Å². The van der Waals surface area contributed by atoms with E-state index in [4.69, 9.17) is 0 Å². The van der Waals surface area contributed by atoms with Crippen LogP contribution in [0.4, 0.5) is 0 Å². The third-order valence-electron chi connectivity index (χ3n) is 4.02. The lowest BCUT2D eigenvalue weighted by Gasteiger charge is -2.28. The summed E-state index contributed by atoms with van der Waals surface area (Å²) in [7, 11) is 0. The summed E-state index contributed by atoms with van der Waals surface area (Å²) in [6.45, 7) is 2.14. The number of carbonyl (C=O) groups is 1. The molecule has 4 rings (SSSR count). The van der Waals surface area contributed by atoms with Gasteiger partial charge >= 0.3 is 0 Å². The number of carbonyl (C=O) groups excluding carboxylic acids is 1. The van der Waals surface area contributed by atoms with Crippen molar-refractivity contribution in [1.29, 1.82) is 0 Å². The van der Waals surface area contributed by atoms with Crippen molar-refractivity contribution in [3.63, 3.8) is 0 Å². The van der Waals surface area contributed by atoms with Crippen LogP contribution in [0.15, 0.2) is 30.3 Å². The van der Waals surface area contributed by atoms with Crippen molar-refractivity contribution in [2.45, 2.75) is 25.9 Å². The van der Waals surface area contributed by atoms with Gasteiger partial charge in [0.15, 0.2) is 11.6 Å². The lowest BCUT2D eigenvalue weighted by atomic mass is 10.2. The van der Waals surface area contributed by atoms with E-state index in [2.05, 4.69) is 14.8 Å². The highest BCUT2D eigenvalue weighted by Crippen LogP contribution is 2.32. The summed E-state index contributed by atoms with van der Waals surface area (Å²) >= 11 is 0. The monoisotopic (exact) mass is 268 g/mol. The third kappa shape index (κ3) is 1.90. The van der Waals surface area contributed by atoms with Gasteiger partial charge in [-0.25, -0.2) is 0 Å². The fourth-order valence-corrected chi connectivity index (χ4v) is 2.74. The summed E-state index contributed by atoms with van der Waals surface area (Å²) in [5.74, 6) is 2.36. The summed E-state index contributed by atoms with van der Waals surface area (Å²) in [5.41, 5.74) is 1.08. The van der Waals surface area contributed by atoms with Gasteiger partial charge in [0, 0.05) is 24.6 Å². The summed E-state index contributed by atoms with van der Waals surface area (Å²) in [4.78, 5) is 14.0. The van der Waals surface area contributed by atoms with Crippen molar-refractivity contribution in [2.75, 3.05) is 6.54 Å². The molecule has 1 aromatic carbocycles. The van der Waals surface area contributed by atoms with E-state index in [1.54, 1.807) is 0 Å². The van der Waals surface area contributed by atoms with Crippen LogP contribution in [0.3, 0.4) is 0 Å². The summed E-state index contributed by atoms with van der Waals surface area (Å²) in [6, 6.07) is 10.1. The van der Waals surface area contributed by atoms with Gasteiger partial charge in [0.25, 0.3) is 0 Å². The molecule has 20 heavy (non-hydrogen) atoms. The maximum Gasteiger partial charge on any atom is 0.226 e. The largest absolute Gasteiger partial charge is 0.333 e. The maximum absolute atomic E-state index is 12.1. The quantitative estimate of drug-likeness (QED) is 0.833. The molecule has 0 N–H and O–H groups in total. The molecule has 1 amide bonds. The minimum atomic E-state index is 0.276. The maximum atomic E-state index is 12.1. The van der Waals surface area contributed by atoms with Gasteiger partial charge in [0.1, 0.15) is 0 Å². The van der Waals surface area contributed by atoms with E-state index in [9.17, 15) is 4.79 Å². The molecule has 0 bridgehead atoms. The minimum absolute atomic E-state index is 0.276. The number of benzene rings is 1. The minimum Gasteiger partial charge on any atom is -0.333 e. The topological polar surface area (TPSA) is 51.0 Å². The molecule has 0 saturated heterocycles. The molecule has 0 unspecified atom stereocenters. The van der Waals surface area contributed by atoms with Gasteiger partial charge in [-0.1, -0.05) is 30.3 Å². The number of rotatable bonds is 2. The standard InChI is InChI=1S/C15H16N4O/c20-15(12-6-7-12)18-8-9-19-13(10-18)16-17-14(19)11-4-2-1-3-5-11/h1-5,12H,6-10H2. The molecular formula is C15H16N4O. The lowest BCUT2D eigenvalue weighted by molar-refractivity contribution is -0.134. The first-order valence-electron chi connectivity index (χ1n) is 7.09. The third-order valence-corrected chi connectivity index (χ3v) is 4.02. The highest BCUT2D eigenvalue weighted by atomic mass is 16.2. The van der Waals surface area contributed by atoms with E-state index in [0.717, 1.165) is 43.1 Å². The van der Waals surface area contributed by atoms with E-state index in [0.29, 0.717) is 12.5 Å². The predicted molar refractivity (Wildman–Crippen MR) is 73.6 cm³/mol. The molecule has 2 heterocycles. The van der Waals surface area contributed by atoms with Crippen LogP contribution >= 0.6 is 0 Å². The van der Waals surface area contributed by atoms with Crippen molar-refractivity contribution >= 4 is 5.91 Å². The molecule has 1 aromatic heterocycles. The fraction of sp³-hybridized carbons (Fsp3) is 0.400. The number of nitrogens with zero attached hydrogens (tertiary/aromatic N) is 4. The smallest absolute Gasteiger partial charge is 0.226 e. The zero-order chi connectivity index (χ0) is 13.5. The molecule has 1 saturated carbocycles. The Morgan fingerprint density at radius 1 is 1.10 bits per heavy atom. The van der Waals surface area contributed by atoms with Gasteiger partial charge in [0.2, 0.25) is 5.91 Å². The number of fused-ring (bicyclic) bond motifs is 1. The van der Waals surface area contributed by atoms with Crippen LogP contribution in [0.2, 0.25) is 0 Å². The van der Waals surface area contributed by atoms with E-state index in [1.165, 1.54) is 0 Å². The molecule has 0 radical (unpaired) electrons. The van der Waals surface area contributed by atoms with E-state index >= 15 is 0 Å². The zero-order valence-electron chi connectivity index (χ0n) is 11.2. The van der Waals surface area contributed by atoms with Crippen LogP contribution in [-0.4, -0.2) is 32.1 Å². The Labute approximate surface area is 117 Å². The van der Waals surface area contributed by atoms with Gasteiger partial charge in [0.05, 0.1) is 6.54 Å². The van der Waals surface area contributed by atoms with E-state index in [-0.39, 0.29) is 5.92 Å². The molecule has 1 aliphatic heterocycles. The highest BCUT2D eigenvalue weighted by molar-refractivity contribution is 5.81. The first-order chi connectivity index (χ1) is 9.83. The molecule has 2 aliphatic rings. The second kappa shape index (κ2) is 4.44. The fourth-order valence-electron chi connectivity index (χ4n) is 2.74. The van der Waals surface area contributed by atoms with Crippen LogP contribution in [0.1, 0.15) is 18.7 Å². The van der Waals surface area contributed by atoms with Gasteiger partial charge in [-0.05, 0) is 12.8 Å². The molecular weight excluding hydrogens is 252 g/mol. The SMILES string of the molecule is O=C(C1CC1)N1CCn2c(nnc2-c2ccccc2)C1. The highest BCUT2D eigenvalue weighted by Gasteiger charge is 2.35. The molecule has 2 aromatic rings. The molecule has 0 spiro atoms.